The van der Waals surface area contributed by atoms with Crippen molar-refractivity contribution >= 4 is 29.4 Å². The van der Waals surface area contributed by atoms with Crippen molar-refractivity contribution in [1.82, 2.24) is 10.2 Å². The summed E-state index contributed by atoms with van der Waals surface area (Å²) in [4.78, 5) is 14.3. The SMILES string of the molecule is CNCC1CCCN1C(=O)COc1ccc(C2SCCCS2)cc1. The molecule has 1 atom stereocenters. The summed E-state index contributed by atoms with van der Waals surface area (Å²) >= 11 is 4.03. The van der Waals surface area contributed by atoms with Crippen molar-refractivity contribution in [2.75, 3.05) is 38.2 Å². The zero-order chi connectivity index (χ0) is 16.8. The van der Waals surface area contributed by atoms with Gasteiger partial charge < -0.3 is 15.0 Å². The predicted octanol–water partition coefficient (Wildman–Crippen LogP) is 3.14. The molecule has 0 aromatic heterocycles. The molecular weight excluding hydrogens is 340 g/mol. The van der Waals surface area contributed by atoms with E-state index in [-0.39, 0.29) is 12.5 Å². The van der Waals surface area contributed by atoms with Crippen LogP contribution in [0.1, 0.15) is 29.4 Å². The van der Waals surface area contributed by atoms with Crippen molar-refractivity contribution in [3.63, 3.8) is 0 Å². The van der Waals surface area contributed by atoms with Crippen LogP contribution in [0.4, 0.5) is 0 Å². The Morgan fingerprint density at radius 2 is 2.00 bits per heavy atom. The van der Waals surface area contributed by atoms with Gasteiger partial charge in [-0.25, -0.2) is 0 Å². The molecule has 2 heterocycles. The van der Waals surface area contributed by atoms with E-state index < -0.39 is 0 Å². The number of rotatable bonds is 6. The lowest BCUT2D eigenvalue weighted by atomic mass is 10.2. The number of amides is 1. The van der Waals surface area contributed by atoms with E-state index in [0.717, 1.165) is 31.7 Å². The number of carbonyl (C=O) groups excluding carboxylic acids is 1. The third-order valence-corrected chi connectivity index (χ3v) is 7.49. The van der Waals surface area contributed by atoms with E-state index in [1.54, 1.807) is 0 Å². The maximum Gasteiger partial charge on any atom is 0.260 e. The smallest absolute Gasteiger partial charge is 0.260 e. The normalized spacial score (nSPS) is 21.9. The van der Waals surface area contributed by atoms with Crippen molar-refractivity contribution < 1.29 is 9.53 Å². The fourth-order valence-corrected chi connectivity index (χ4v) is 6.14. The first-order valence-corrected chi connectivity index (χ1v) is 10.8. The van der Waals surface area contributed by atoms with Gasteiger partial charge in [0.15, 0.2) is 6.61 Å². The molecule has 132 valence electrons. The first-order chi connectivity index (χ1) is 11.8. The Kier molecular flexibility index (Phi) is 6.75. The molecule has 6 heteroatoms. The van der Waals surface area contributed by atoms with Gasteiger partial charge >= 0.3 is 0 Å². The molecule has 2 fully saturated rings. The van der Waals surface area contributed by atoms with Crippen LogP contribution >= 0.6 is 23.5 Å². The molecule has 24 heavy (non-hydrogen) atoms. The molecule has 1 N–H and O–H groups in total. The molecule has 4 nitrogen and oxygen atoms in total. The van der Waals surface area contributed by atoms with Crippen molar-refractivity contribution in [3.8, 4) is 5.75 Å². The number of nitrogens with one attached hydrogen (secondary N) is 1. The average molecular weight is 367 g/mol. The molecule has 2 saturated heterocycles. The Labute approximate surface area is 153 Å². The van der Waals surface area contributed by atoms with Crippen LogP contribution in [0.3, 0.4) is 0 Å². The number of benzene rings is 1. The van der Waals surface area contributed by atoms with Crippen LogP contribution in [-0.2, 0) is 4.79 Å². The number of carbonyl (C=O) groups is 1. The van der Waals surface area contributed by atoms with E-state index in [4.69, 9.17) is 4.74 Å². The minimum absolute atomic E-state index is 0.0928. The highest BCUT2D eigenvalue weighted by molar-refractivity contribution is 8.16. The van der Waals surface area contributed by atoms with Crippen molar-refractivity contribution in [1.29, 1.82) is 0 Å². The van der Waals surface area contributed by atoms with E-state index in [9.17, 15) is 4.79 Å². The molecule has 2 aliphatic heterocycles. The quantitative estimate of drug-likeness (QED) is 0.838. The van der Waals surface area contributed by atoms with Crippen LogP contribution in [0.15, 0.2) is 24.3 Å². The Balaban J connectivity index is 1.50. The van der Waals surface area contributed by atoms with E-state index >= 15 is 0 Å². The maximum absolute atomic E-state index is 12.4. The molecule has 0 radical (unpaired) electrons. The van der Waals surface area contributed by atoms with Crippen molar-refractivity contribution in [2.24, 2.45) is 0 Å². The minimum atomic E-state index is 0.0928. The Morgan fingerprint density at radius 3 is 2.71 bits per heavy atom. The van der Waals surface area contributed by atoms with Crippen molar-refractivity contribution in [2.45, 2.75) is 29.9 Å². The molecule has 2 aliphatic rings. The molecule has 0 bridgehead atoms. The summed E-state index contributed by atoms with van der Waals surface area (Å²) in [5, 5.41) is 3.17. The van der Waals surface area contributed by atoms with E-state index in [0.29, 0.717) is 10.6 Å². The third kappa shape index (κ3) is 4.61. The highest BCUT2D eigenvalue weighted by Gasteiger charge is 2.28. The molecule has 1 unspecified atom stereocenters. The summed E-state index contributed by atoms with van der Waals surface area (Å²) in [6.45, 7) is 1.84. The summed E-state index contributed by atoms with van der Waals surface area (Å²) in [5.74, 6) is 3.36. The Bertz CT molecular complexity index is 532. The van der Waals surface area contributed by atoms with Gasteiger partial charge in [-0.3, -0.25) is 4.79 Å². The lowest BCUT2D eigenvalue weighted by Crippen LogP contribution is -2.43. The number of likely N-dealkylation sites (N-methyl/N-ethyl adjacent to an activating group) is 1. The number of hydrogen-bond donors (Lipinski definition) is 1. The molecular formula is C18H26N2O2S2. The van der Waals surface area contributed by atoms with Gasteiger partial charge in [-0.1, -0.05) is 12.1 Å². The van der Waals surface area contributed by atoms with Gasteiger partial charge in [0, 0.05) is 19.1 Å². The van der Waals surface area contributed by atoms with Crippen LogP contribution in [-0.4, -0.2) is 55.1 Å². The molecule has 1 aromatic rings. The Hall–Kier alpha value is -0.850. The van der Waals surface area contributed by atoms with Gasteiger partial charge in [-0.15, -0.1) is 23.5 Å². The standard InChI is InChI=1S/C18H26N2O2S2/c1-19-12-15-4-2-9-20(15)17(21)13-22-16-7-5-14(6-8-16)18-23-10-3-11-24-18/h5-8,15,18-19H,2-4,9-13H2,1H3. The lowest BCUT2D eigenvalue weighted by molar-refractivity contribution is -0.134. The summed E-state index contributed by atoms with van der Waals surface area (Å²) in [7, 11) is 1.93. The van der Waals surface area contributed by atoms with Gasteiger partial charge in [0.05, 0.1) is 4.58 Å². The van der Waals surface area contributed by atoms with E-state index in [1.807, 2.05) is 47.6 Å². The van der Waals surface area contributed by atoms with Crippen LogP contribution in [0.5, 0.6) is 5.75 Å². The summed E-state index contributed by atoms with van der Waals surface area (Å²) in [6.07, 6.45) is 3.47. The molecule has 0 spiro atoms. The van der Waals surface area contributed by atoms with E-state index in [1.165, 1.54) is 23.5 Å². The zero-order valence-corrected chi connectivity index (χ0v) is 15.8. The lowest BCUT2D eigenvalue weighted by Gasteiger charge is -2.24. The monoisotopic (exact) mass is 366 g/mol. The number of nitrogens with zero attached hydrogens (tertiary/aromatic N) is 1. The highest BCUT2D eigenvalue weighted by Crippen LogP contribution is 2.43. The second-order valence-corrected chi connectivity index (χ2v) is 8.95. The van der Waals surface area contributed by atoms with Crippen LogP contribution in [0.25, 0.3) is 0 Å². The molecule has 0 aliphatic carbocycles. The van der Waals surface area contributed by atoms with Gasteiger partial charge in [-0.05, 0) is 55.5 Å². The largest absolute Gasteiger partial charge is 0.484 e. The highest BCUT2D eigenvalue weighted by atomic mass is 32.2. The molecule has 0 saturated carbocycles. The summed E-state index contributed by atoms with van der Waals surface area (Å²) < 4.78 is 6.27. The fourth-order valence-electron chi connectivity index (χ4n) is 3.24. The second-order valence-electron chi connectivity index (χ2n) is 6.23. The summed E-state index contributed by atoms with van der Waals surface area (Å²) in [5.41, 5.74) is 1.34. The number of hydrogen-bond acceptors (Lipinski definition) is 5. The first kappa shape index (κ1) is 18.0. The fraction of sp³-hybridized carbons (Fsp3) is 0.611. The maximum atomic E-state index is 12.4. The van der Waals surface area contributed by atoms with Gasteiger partial charge in [0.25, 0.3) is 5.91 Å². The molecule has 3 rings (SSSR count). The van der Waals surface area contributed by atoms with Crippen LogP contribution < -0.4 is 10.1 Å². The Morgan fingerprint density at radius 1 is 1.25 bits per heavy atom. The van der Waals surface area contributed by atoms with Crippen LogP contribution in [0, 0.1) is 0 Å². The zero-order valence-electron chi connectivity index (χ0n) is 14.2. The van der Waals surface area contributed by atoms with Gasteiger partial charge in [0.1, 0.15) is 5.75 Å². The predicted molar refractivity (Wildman–Crippen MR) is 103 cm³/mol. The molecule has 1 aromatic carbocycles. The van der Waals surface area contributed by atoms with Gasteiger partial charge in [-0.2, -0.15) is 0 Å². The number of ether oxygens (including phenoxy) is 1. The topological polar surface area (TPSA) is 41.6 Å². The van der Waals surface area contributed by atoms with Crippen LogP contribution in [0.2, 0.25) is 0 Å². The van der Waals surface area contributed by atoms with E-state index in [2.05, 4.69) is 17.4 Å². The second kappa shape index (κ2) is 9.02. The minimum Gasteiger partial charge on any atom is -0.484 e. The van der Waals surface area contributed by atoms with Crippen molar-refractivity contribution in [3.05, 3.63) is 29.8 Å². The van der Waals surface area contributed by atoms with Gasteiger partial charge in [0.2, 0.25) is 0 Å². The number of likely N-dealkylation sites (tertiary alicyclic amines) is 1. The average Bonchev–Trinajstić information content (AvgIpc) is 3.10. The molecule has 1 amide bonds. The first-order valence-electron chi connectivity index (χ1n) is 8.68. The summed E-state index contributed by atoms with van der Waals surface area (Å²) in [6, 6.07) is 8.57. The number of thioether (sulfide) groups is 2. The third-order valence-electron chi connectivity index (χ3n) is 4.48.